The highest BCUT2D eigenvalue weighted by atomic mass is 19.1. The van der Waals surface area contributed by atoms with Gasteiger partial charge in [-0.15, -0.1) is 0 Å². The number of nitrogens with zero attached hydrogens (tertiary/aromatic N) is 2. The van der Waals surface area contributed by atoms with E-state index in [2.05, 4.69) is 20.6 Å². The first kappa shape index (κ1) is 15.2. The second-order valence-electron chi connectivity index (χ2n) is 4.80. The summed E-state index contributed by atoms with van der Waals surface area (Å²) < 4.78 is 27.3. The van der Waals surface area contributed by atoms with E-state index in [1.54, 1.807) is 19.1 Å². The van der Waals surface area contributed by atoms with Crippen molar-refractivity contribution >= 4 is 11.8 Å². The van der Waals surface area contributed by atoms with Gasteiger partial charge in [0, 0.05) is 6.54 Å². The first-order valence-corrected chi connectivity index (χ1v) is 6.80. The van der Waals surface area contributed by atoms with Crippen molar-refractivity contribution in [3.63, 3.8) is 0 Å². The molecule has 0 amide bonds. The molecule has 0 aliphatic carbocycles. The van der Waals surface area contributed by atoms with Crippen LogP contribution in [0.1, 0.15) is 31.0 Å². The fourth-order valence-corrected chi connectivity index (χ4v) is 1.88. The molecule has 0 saturated heterocycles. The van der Waals surface area contributed by atoms with Crippen LogP contribution < -0.4 is 10.6 Å². The molecule has 1 unspecified atom stereocenters. The van der Waals surface area contributed by atoms with E-state index in [4.69, 9.17) is 0 Å². The van der Waals surface area contributed by atoms with Crippen LogP contribution in [-0.2, 0) is 0 Å². The summed E-state index contributed by atoms with van der Waals surface area (Å²) >= 11 is 0. The highest BCUT2D eigenvalue weighted by Gasteiger charge is 2.12. The van der Waals surface area contributed by atoms with Gasteiger partial charge in [0.15, 0.2) is 11.6 Å². The monoisotopic (exact) mass is 292 g/mol. The van der Waals surface area contributed by atoms with E-state index in [0.717, 1.165) is 11.8 Å². The first-order chi connectivity index (χ1) is 10.0. The molecule has 4 nitrogen and oxygen atoms in total. The fraction of sp³-hybridized carbons (Fsp3) is 0.333. The number of rotatable bonds is 5. The Morgan fingerprint density at radius 1 is 1.24 bits per heavy atom. The summed E-state index contributed by atoms with van der Waals surface area (Å²) in [6.45, 7) is 6.06. The molecule has 0 radical (unpaired) electrons. The standard InChI is InChI=1S/C15H18F2N4/c1-4-18-15-19-8-13(17)14(21-15)20-10(3)11-6-5-9(2)12(16)7-11/h5-8,10H,4H2,1-3H3,(H2,18,19,20,21). The molecule has 0 fully saturated rings. The van der Waals surface area contributed by atoms with Crippen LogP contribution in [0.3, 0.4) is 0 Å². The maximum Gasteiger partial charge on any atom is 0.224 e. The van der Waals surface area contributed by atoms with E-state index in [-0.39, 0.29) is 17.7 Å². The highest BCUT2D eigenvalue weighted by molar-refractivity contribution is 5.43. The van der Waals surface area contributed by atoms with Crippen LogP contribution in [0.4, 0.5) is 20.5 Å². The lowest BCUT2D eigenvalue weighted by Gasteiger charge is -2.16. The Labute approximate surface area is 122 Å². The van der Waals surface area contributed by atoms with Crippen LogP contribution in [0, 0.1) is 18.6 Å². The second kappa shape index (κ2) is 6.47. The van der Waals surface area contributed by atoms with Crippen LogP contribution in [0.2, 0.25) is 0 Å². The molecular weight excluding hydrogens is 274 g/mol. The van der Waals surface area contributed by atoms with Gasteiger partial charge < -0.3 is 10.6 Å². The maximum absolute atomic E-state index is 13.7. The molecule has 0 aliphatic rings. The van der Waals surface area contributed by atoms with Crippen molar-refractivity contribution in [1.29, 1.82) is 0 Å². The summed E-state index contributed by atoms with van der Waals surface area (Å²) in [6, 6.07) is 4.67. The summed E-state index contributed by atoms with van der Waals surface area (Å²) in [5, 5.41) is 5.85. The Balaban J connectivity index is 2.20. The van der Waals surface area contributed by atoms with Gasteiger partial charge in [-0.05, 0) is 38.0 Å². The van der Waals surface area contributed by atoms with Gasteiger partial charge in [0.25, 0.3) is 0 Å². The Kier molecular flexibility index (Phi) is 4.67. The molecule has 1 aromatic heterocycles. The van der Waals surface area contributed by atoms with Crippen molar-refractivity contribution in [2.45, 2.75) is 26.8 Å². The van der Waals surface area contributed by atoms with E-state index in [1.165, 1.54) is 6.07 Å². The third-order valence-electron chi connectivity index (χ3n) is 3.13. The van der Waals surface area contributed by atoms with Crippen molar-refractivity contribution in [2.24, 2.45) is 0 Å². The molecule has 112 valence electrons. The van der Waals surface area contributed by atoms with Gasteiger partial charge in [0.05, 0.1) is 12.2 Å². The zero-order valence-electron chi connectivity index (χ0n) is 12.2. The molecule has 21 heavy (non-hydrogen) atoms. The van der Waals surface area contributed by atoms with Crippen LogP contribution in [-0.4, -0.2) is 16.5 Å². The number of aromatic nitrogens is 2. The molecule has 1 atom stereocenters. The molecule has 0 aliphatic heterocycles. The SMILES string of the molecule is CCNc1ncc(F)c(NC(C)c2ccc(C)c(F)c2)n1. The summed E-state index contributed by atoms with van der Waals surface area (Å²) in [5.74, 6) is -0.383. The average molecular weight is 292 g/mol. The van der Waals surface area contributed by atoms with E-state index in [9.17, 15) is 8.78 Å². The third-order valence-corrected chi connectivity index (χ3v) is 3.13. The Morgan fingerprint density at radius 3 is 2.67 bits per heavy atom. The minimum absolute atomic E-state index is 0.0921. The summed E-state index contributed by atoms with van der Waals surface area (Å²) in [6.07, 6.45) is 1.11. The fourth-order valence-electron chi connectivity index (χ4n) is 1.88. The smallest absolute Gasteiger partial charge is 0.224 e. The summed E-state index contributed by atoms with van der Waals surface area (Å²) in [4.78, 5) is 7.90. The number of hydrogen-bond acceptors (Lipinski definition) is 4. The average Bonchev–Trinajstić information content (AvgIpc) is 2.45. The number of hydrogen-bond donors (Lipinski definition) is 2. The lowest BCUT2D eigenvalue weighted by atomic mass is 10.1. The largest absolute Gasteiger partial charge is 0.361 e. The van der Waals surface area contributed by atoms with Crippen LogP contribution in [0.5, 0.6) is 0 Å². The number of anilines is 2. The molecule has 2 N–H and O–H groups in total. The molecule has 1 heterocycles. The van der Waals surface area contributed by atoms with Crippen LogP contribution in [0.15, 0.2) is 24.4 Å². The van der Waals surface area contributed by atoms with E-state index < -0.39 is 5.82 Å². The lowest BCUT2D eigenvalue weighted by Crippen LogP contribution is -2.12. The molecule has 0 saturated carbocycles. The van der Waals surface area contributed by atoms with Gasteiger partial charge in [-0.2, -0.15) is 4.98 Å². The van der Waals surface area contributed by atoms with E-state index in [1.807, 2.05) is 13.8 Å². The quantitative estimate of drug-likeness (QED) is 0.883. The predicted molar refractivity (Wildman–Crippen MR) is 79.3 cm³/mol. The number of halogens is 2. The lowest BCUT2D eigenvalue weighted by molar-refractivity contribution is 0.609. The second-order valence-corrected chi connectivity index (χ2v) is 4.80. The van der Waals surface area contributed by atoms with Crippen LogP contribution >= 0.6 is 0 Å². The number of benzene rings is 1. The molecule has 2 aromatic rings. The summed E-state index contributed by atoms with van der Waals surface area (Å²) in [5.41, 5.74) is 1.30. The van der Waals surface area contributed by atoms with Crippen molar-refractivity contribution in [3.8, 4) is 0 Å². The van der Waals surface area contributed by atoms with Gasteiger partial charge in [-0.25, -0.2) is 13.8 Å². The van der Waals surface area contributed by atoms with E-state index >= 15 is 0 Å². The Bertz CT molecular complexity index is 631. The molecule has 0 spiro atoms. The minimum atomic E-state index is -0.545. The highest BCUT2D eigenvalue weighted by Crippen LogP contribution is 2.22. The van der Waals surface area contributed by atoms with Gasteiger partial charge in [-0.1, -0.05) is 12.1 Å². The zero-order chi connectivity index (χ0) is 15.4. The Morgan fingerprint density at radius 2 is 2.00 bits per heavy atom. The van der Waals surface area contributed by atoms with Crippen molar-refractivity contribution in [3.05, 3.63) is 47.2 Å². The van der Waals surface area contributed by atoms with Gasteiger partial charge >= 0.3 is 0 Å². The summed E-state index contributed by atoms with van der Waals surface area (Å²) in [7, 11) is 0. The topological polar surface area (TPSA) is 49.8 Å². The molecular formula is C15H18F2N4. The van der Waals surface area contributed by atoms with Gasteiger partial charge in [0.1, 0.15) is 5.82 Å². The van der Waals surface area contributed by atoms with Gasteiger partial charge in [0.2, 0.25) is 5.95 Å². The van der Waals surface area contributed by atoms with Crippen molar-refractivity contribution in [1.82, 2.24) is 9.97 Å². The molecule has 6 heteroatoms. The Hall–Kier alpha value is -2.24. The van der Waals surface area contributed by atoms with Crippen molar-refractivity contribution < 1.29 is 8.78 Å². The molecule has 0 bridgehead atoms. The normalized spacial score (nSPS) is 12.0. The van der Waals surface area contributed by atoms with Gasteiger partial charge in [-0.3, -0.25) is 0 Å². The third kappa shape index (κ3) is 3.65. The predicted octanol–water partition coefficient (Wildman–Crippen LogP) is 3.67. The first-order valence-electron chi connectivity index (χ1n) is 6.80. The molecule has 2 rings (SSSR count). The number of nitrogens with one attached hydrogen (secondary N) is 2. The minimum Gasteiger partial charge on any atom is -0.361 e. The molecule has 1 aromatic carbocycles. The zero-order valence-corrected chi connectivity index (χ0v) is 12.2. The maximum atomic E-state index is 13.7. The number of aryl methyl sites for hydroxylation is 1. The van der Waals surface area contributed by atoms with E-state index in [0.29, 0.717) is 18.1 Å². The van der Waals surface area contributed by atoms with Crippen molar-refractivity contribution in [2.75, 3.05) is 17.2 Å². The van der Waals surface area contributed by atoms with Crippen LogP contribution in [0.25, 0.3) is 0 Å².